The Kier molecular flexibility index (Phi) is 5.38. The van der Waals surface area contributed by atoms with Gasteiger partial charge in [0.05, 0.1) is 24.9 Å². The summed E-state index contributed by atoms with van der Waals surface area (Å²) < 4.78 is 16.5. The molecular weight excluding hydrogens is 320 g/mol. The van der Waals surface area contributed by atoms with Crippen molar-refractivity contribution in [1.29, 1.82) is 0 Å². The highest BCUT2D eigenvalue weighted by molar-refractivity contribution is 5.78. The van der Waals surface area contributed by atoms with Gasteiger partial charge in [0.1, 0.15) is 11.5 Å². The Morgan fingerprint density at radius 3 is 2.92 bits per heavy atom. The number of ether oxygens (including phenoxy) is 2. The SMILES string of the molecule is Cc1cc(C[C@H]2COC[C@H]2NC(=O)COc2cccc(C)c2C)on1. The number of nitrogens with one attached hydrogen (secondary N) is 1. The van der Waals surface area contributed by atoms with Crippen molar-refractivity contribution in [3.8, 4) is 5.75 Å². The van der Waals surface area contributed by atoms with E-state index in [0.29, 0.717) is 19.6 Å². The predicted molar refractivity (Wildman–Crippen MR) is 92.6 cm³/mol. The van der Waals surface area contributed by atoms with Crippen LogP contribution in [0.3, 0.4) is 0 Å². The summed E-state index contributed by atoms with van der Waals surface area (Å²) in [6, 6.07) is 7.70. The Morgan fingerprint density at radius 2 is 2.16 bits per heavy atom. The maximum Gasteiger partial charge on any atom is 0.258 e. The van der Waals surface area contributed by atoms with Crippen LogP contribution in [-0.2, 0) is 16.0 Å². The van der Waals surface area contributed by atoms with Crippen molar-refractivity contribution in [1.82, 2.24) is 10.5 Å². The van der Waals surface area contributed by atoms with Gasteiger partial charge in [-0.25, -0.2) is 0 Å². The van der Waals surface area contributed by atoms with Gasteiger partial charge in [0.15, 0.2) is 6.61 Å². The van der Waals surface area contributed by atoms with E-state index in [-0.39, 0.29) is 24.5 Å². The number of hydrogen-bond donors (Lipinski definition) is 1. The molecule has 0 radical (unpaired) electrons. The Bertz CT molecular complexity index is 741. The van der Waals surface area contributed by atoms with E-state index >= 15 is 0 Å². The lowest BCUT2D eigenvalue weighted by Crippen LogP contribution is -2.42. The molecule has 1 fully saturated rings. The second kappa shape index (κ2) is 7.70. The number of benzene rings is 1. The molecule has 0 unspecified atom stereocenters. The van der Waals surface area contributed by atoms with Crippen LogP contribution in [0.2, 0.25) is 0 Å². The zero-order valence-electron chi connectivity index (χ0n) is 14.9. The predicted octanol–water partition coefficient (Wildman–Crippen LogP) is 2.35. The molecule has 1 aliphatic heterocycles. The number of carbonyl (C=O) groups is 1. The number of rotatable bonds is 6. The molecule has 25 heavy (non-hydrogen) atoms. The molecule has 1 aromatic carbocycles. The molecule has 134 valence electrons. The average Bonchev–Trinajstić information content (AvgIpc) is 3.18. The Hall–Kier alpha value is -2.34. The van der Waals surface area contributed by atoms with E-state index in [9.17, 15) is 4.79 Å². The highest BCUT2D eigenvalue weighted by Crippen LogP contribution is 2.21. The summed E-state index contributed by atoms with van der Waals surface area (Å²) in [6.07, 6.45) is 0.698. The normalized spacial score (nSPS) is 19.8. The van der Waals surface area contributed by atoms with Crippen LogP contribution in [0, 0.1) is 26.7 Å². The number of aryl methyl sites for hydroxylation is 2. The van der Waals surface area contributed by atoms with Crippen LogP contribution in [0.25, 0.3) is 0 Å². The van der Waals surface area contributed by atoms with Crippen molar-refractivity contribution in [3.63, 3.8) is 0 Å². The van der Waals surface area contributed by atoms with Gasteiger partial charge in [-0.3, -0.25) is 4.79 Å². The Labute approximate surface area is 147 Å². The second-order valence-corrected chi connectivity index (χ2v) is 6.60. The molecule has 1 aromatic heterocycles. The van der Waals surface area contributed by atoms with E-state index in [4.69, 9.17) is 14.0 Å². The minimum absolute atomic E-state index is 0.00503. The summed E-state index contributed by atoms with van der Waals surface area (Å²) in [6.45, 7) is 7.00. The van der Waals surface area contributed by atoms with Crippen molar-refractivity contribution in [2.45, 2.75) is 33.2 Å². The number of carbonyl (C=O) groups excluding carboxylic acids is 1. The lowest BCUT2D eigenvalue weighted by molar-refractivity contribution is -0.124. The van der Waals surface area contributed by atoms with Gasteiger partial charge >= 0.3 is 0 Å². The molecule has 3 rings (SSSR count). The topological polar surface area (TPSA) is 73.6 Å². The molecule has 1 saturated heterocycles. The molecule has 6 heteroatoms. The summed E-state index contributed by atoms with van der Waals surface area (Å²) in [5.74, 6) is 1.59. The standard InChI is InChI=1S/C19H24N2O4/c1-12-5-4-6-18(14(12)3)24-11-19(22)20-17-10-23-9-15(17)8-16-7-13(2)21-25-16/h4-7,15,17H,8-11H2,1-3H3,(H,20,22)/t15-,17+/m0/s1. The van der Waals surface area contributed by atoms with Crippen molar-refractivity contribution in [2.75, 3.05) is 19.8 Å². The van der Waals surface area contributed by atoms with E-state index in [1.54, 1.807) is 0 Å². The van der Waals surface area contributed by atoms with Gasteiger partial charge in [-0.2, -0.15) is 0 Å². The highest BCUT2D eigenvalue weighted by Gasteiger charge is 2.30. The maximum absolute atomic E-state index is 12.2. The minimum Gasteiger partial charge on any atom is -0.483 e. The first-order valence-corrected chi connectivity index (χ1v) is 8.51. The van der Waals surface area contributed by atoms with Crippen molar-refractivity contribution < 1.29 is 18.8 Å². The molecule has 1 N–H and O–H groups in total. The van der Waals surface area contributed by atoms with Gasteiger partial charge in [0.2, 0.25) is 0 Å². The summed E-state index contributed by atoms with van der Waals surface area (Å²) >= 11 is 0. The van der Waals surface area contributed by atoms with Crippen molar-refractivity contribution >= 4 is 5.91 Å². The van der Waals surface area contributed by atoms with E-state index in [1.165, 1.54) is 0 Å². The average molecular weight is 344 g/mol. The van der Waals surface area contributed by atoms with E-state index in [1.807, 2.05) is 45.0 Å². The third-order valence-corrected chi connectivity index (χ3v) is 4.60. The molecule has 2 atom stereocenters. The minimum atomic E-state index is -0.143. The third-order valence-electron chi connectivity index (χ3n) is 4.60. The van der Waals surface area contributed by atoms with Gasteiger partial charge < -0.3 is 19.3 Å². The first-order valence-electron chi connectivity index (χ1n) is 8.51. The summed E-state index contributed by atoms with van der Waals surface area (Å²) in [4.78, 5) is 12.2. The van der Waals surface area contributed by atoms with Crippen molar-refractivity contribution in [2.24, 2.45) is 5.92 Å². The molecule has 0 bridgehead atoms. The van der Waals surface area contributed by atoms with Gasteiger partial charge in [-0.15, -0.1) is 0 Å². The molecular formula is C19H24N2O4. The number of hydrogen-bond acceptors (Lipinski definition) is 5. The fraction of sp³-hybridized carbons (Fsp3) is 0.474. The van der Waals surface area contributed by atoms with Crippen LogP contribution >= 0.6 is 0 Å². The lowest BCUT2D eigenvalue weighted by Gasteiger charge is -2.18. The molecule has 0 aliphatic carbocycles. The maximum atomic E-state index is 12.2. The van der Waals surface area contributed by atoms with Crippen LogP contribution in [0.4, 0.5) is 0 Å². The molecule has 1 amide bonds. The van der Waals surface area contributed by atoms with E-state index in [2.05, 4.69) is 10.5 Å². The molecule has 0 saturated carbocycles. The van der Waals surface area contributed by atoms with Crippen LogP contribution in [0.1, 0.15) is 22.6 Å². The molecule has 6 nitrogen and oxygen atoms in total. The smallest absolute Gasteiger partial charge is 0.258 e. The first kappa shape index (κ1) is 17.5. The van der Waals surface area contributed by atoms with E-state index in [0.717, 1.165) is 28.3 Å². The number of aromatic nitrogens is 1. The largest absolute Gasteiger partial charge is 0.483 e. The van der Waals surface area contributed by atoms with Crippen LogP contribution in [-0.4, -0.2) is 36.9 Å². The molecule has 2 aromatic rings. The van der Waals surface area contributed by atoms with Crippen LogP contribution < -0.4 is 10.1 Å². The molecule has 0 spiro atoms. The van der Waals surface area contributed by atoms with E-state index < -0.39 is 0 Å². The number of nitrogens with zero attached hydrogens (tertiary/aromatic N) is 1. The first-order chi connectivity index (χ1) is 12.0. The Morgan fingerprint density at radius 1 is 1.32 bits per heavy atom. The second-order valence-electron chi connectivity index (χ2n) is 6.60. The fourth-order valence-electron chi connectivity index (χ4n) is 3.00. The molecule has 2 heterocycles. The monoisotopic (exact) mass is 344 g/mol. The van der Waals surface area contributed by atoms with Gasteiger partial charge in [-0.05, 0) is 38.0 Å². The van der Waals surface area contributed by atoms with Crippen LogP contribution in [0.5, 0.6) is 5.75 Å². The summed E-state index contributed by atoms with van der Waals surface area (Å²) in [5, 5.41) is 6.91. The third kappa shape index (κ3) is 4.39. The summed E-state index contributed by atoms with van der Waals surface area (Å²) in [7, 11) is 0. The van der Waals surface area contributed by atoms with Gasteiger partial charge in [-0.1, -0.05) is 17.3 Å². The van der Waals surface area contributed by atoms with Crippen molar-refractivity contribution in [3.05, 3.63) is 46.8 Å². The zero-order valence-corrected chi connectivity index (χ0v) is 14.9. The zero-order chi connectivity index (χ0) is 17.8. The van der Waals surface area contributed by atoms with Gasteiger partial charge in [0.25, 0.3) is 5.91 Å². The molecule has 1 aliphatic rings. The van der Waals surface area contributed by atoms with Crippen LogP contribution in [0.15, 0.2) is 28.8 Å². The summed E-state index contributed by atoms with van der Waals surface area (Å²) in [5.41, 5.74) is 3.05. The Balaban J connectivity index is 1.52. The quantitative estimate of drug-likeness (QED) is 0.871. The lowest BCUT2D eigenvalue weighted by atomic mass is 9.98. The number of amides is 1. The highest BCUT2D eigenvalue weighted by atomic mass is 16.5. The van der Waals surface area contributed by atoms with Gasteiger partial charge in [0, 0.05) is 18.4 Å². The fourth-order valence-corrected chi connectivity index (χ4v) is 3.00.